The molecule has 3 heterocycles. The highest BCUT2D eigenvalue weighted by molar-refractivity contribution is 7.90. The fraction of sp³-hybridized carbons (Fsp3) is 0.579. The Kier molecular flexibility index (Phi) is 5.51. The number of nitrogens with zero attached hydrogens (tertiary/aromatic N) is 2. The molecule has 2 bridgehead atoms. The summed E-state index contributed by atoms with van der Waals surface area (Å²) in [6.45, 7) is 3.32. The number of halogens is 1. The number of carbonyl (C=O) groups excluding carboxylic acids is 2. The number of piperidine rings is 1. The van der Waals surface area contributed by atoms with Crippen LogP contribution in [-0.4, -0.2) is 60.7 Å². The Morgan fingerprint density at radius 3 is 2.39 bits per heavy atom. The number of nitrogens with one attached hydrogen (secondary N) is 1. The first-order valence-electron chi connectivity index (χ1n) is 9.46. The van der Waals surface area contributed by atoms with Crippen LogP contribution in [0.5, 0.6) is 0 Å². The average Bonchev–Trinajstić information content (AvgIpc) is 3.06. The number of hydrogen-bond acceptors (Lipinski definition) is 5. The maximum Gasteiger partial charge on any atom is 0.269 e. The summed E-state index contributed by atoms with van der Waals surface area (Å²) in [7, 11) is -2.12. The molecule has 0 spiro atoms. The quantitative estimate of drug-likeness (QED) is 0.797. The highest BCUT2D eigenvalue weighted by Crippen LogP contribution is 2.34. The number of rotatable bonds is 3. The van der Waals surface area contributed by atoms with Crippen molar-refractivity contribution in [2.24, 2.45) is 0 Å². The van der Waals surface area contributed by atoms with Crippen molar-refractivity contribution in [2.45, 2.75) is 68.6 Å². The van der Waals surface area contributed by atoms with Gasteiger partial charge in [0.25, 0.3) is 21.8 Å². The van der Waals surface area contributed by atoms with Crippen molar-refractivity contribution in [3.05, 3.63) is 29.3 Å². The molecule has 1 aromatic rings. The van der Waals surface area contributed by atoms with E-state index in [2.05, 4.69) is 5.32 Å². The third-order valence-corrected chi connectivity index (χ3v) is 7.98. The lowest BCUT2D eigenvalue weighted by molar-refractivity contribution is 0.0680. The van der Waals surface area contributed by atoms with Crippen molar-refractivity contribution in [3.8, 4) is 0 Å². The molecule has 28 heavy (non-hydrogen) atoms. The maximum absolute atomic E-state index is 13.0. The molecule has 0 radical (unpaired) electrons. The third kappa shape index (κ3) is 3.21. The van der Waals surface area contributed by atoms with Gasteiger partial charge in [-0.1, -0.05) is 0 Å². The van der Waals surface area contributed by atoms with Gasteiger partial charge < -0.3 is 10.2 Å². The van der Waals surface area contributed by atoms with Crippen molar-refractivity contribution in [2.75, 3.05) is 7.05 Å². The molecule has 2 unspecified atom stereocenters. The van der Waals surface area contributed by atoms with Gasteiger partial charge >= 0.3 is 0 Å². The van der Waals surface area contributed by atoms with E-state index in [-0.39, 0.29) is 34.8 Å². The van der Waals surface area contributed by atoms with Crippen LogP contribution < -0.4 is 5.32 Å². The van der Waals surface area contributed by atoms with Gasteiger partial charge in [0, 0.05) is 36.8 Å². The lowest BCUT2D eigenvalue weighted by Crippen LogP contribution is -2.48. The Morgan fingerprint density at radius 2 is 1.82 bits per heavy atom. The van der Waals surface area contributed by atoms with E-state index >= 15 is 0 Å². The second kappa shape index (κ2) is 7.31. The van der Waals surface area contributed by atoms with Crippen LogP contribution in [0.2, 0.25) is 0 Å². The normalized spacial score (nSPS) is 27.5. The number of amides is 2. The zero-order chi connectivity index (χ0) is 19.5. The number of hydrogen-bond donors (Lipinski definition) is 1. The SMILES string of the molecule is CC(C)N1C(=O)c2ccc(C(=O)N(C)C3CC4CCC(C3)N4)cc2S1(=O)=O.Cl. The number of benzene rings is 1. The molecule has 2 saturated heterocycles. The minimum absolute atomic E-state index is 0. The molecule has 1 aromatic carbocycles. The summed E-state index contributed by atoms with van der Waals surface area (Å²) in [5, 5.41) is 3.56. The molecule has 3 aliphatic heterocycles. The number of sulfonamides is 1. The van der Waals surface area contributed by atoms with Crippen LogP contribution in [0.4, 0.5) is 0 Å². The molecule has 2 atom stereocenters. The summed E-state index contributed by atoms with van der Waals surface area (Å²) in [4.78, 5) is 27.1. The topological polar surface area (TPSA) is 86.8 Å². The van der Waals surface area contributed by atoms with Crippen LogP contribution in [0.3, 0.4) is 0 Å². The molecular formula is C19H26ClN3O4S. The van der Waals surface area contributed by atoms with E-state index in [0.29, 0.717) is 17.6 Å². The first kappa shape index (κ1) is 21.1. The van der Waals surface area contributed by atoms with Crippen LogP contribution in [0.15, 0.2) is 23.1 Å². The van der Waals surface area contributed by atoms with E-state index in [0.717, 1.165) is 30.0 Å². The Hall–Kier alpha value is -1.64. The second-order valence-electron chi connectivity index (χ2n) is 8.09. The Balaban J connectivity index is 0.00000225. The Labute approximate surface area is 171 Å². The Morgan fingerprint density at radius 1 is 1.21 bits per heavy atom. The molecule has 2 amide bonds. The van der Waals surface area contributed by atoms with Crippen molar-refractivity contribution >= 4 is 34.2 Å². The zero-order valence-corrected chi connectivity index (χ0v) is 17.8. The van der Waals surface area contributed by atoms with Crippen molar-refractivity contribution in [1.29, 1.82) is 0 Å². The second-order valence-corrected chi connectivity index (χ2v) is 9.87. The van der Waals surface area contributed by atoms with E-state index in [9.17, 15) is 18.0 Å². The molecule has 9 heteroatoms. The van der Waals surface area contributed by atoms with Gasteiger partial charge in [-0.2, -0.15) is 0 Å². The lowest BCUT2D eigenvalue weighted by atomic mass is 9.98. The van der Waals surface area contributed by atoms with E-state index in [1.807, 2.05) is 0 Å². The van der Waals surface area contributed by atoms with Crippen LogP contribution in [0, 0.1) is 0 Å². The van der Waals surface area contributed by atoms with E-state index < -0.39 is 22.0 Å². The minimum Gasteiger partial charge on any atom is -0.339 e. The summed E-state index contributed by atoms with van der Waals surface area (Å²) in [6.07, 6.45) is 4.13. The van der Waals surface area contributed by atoms with Gasteiger partial charge in [-0.05, 0) is 57.7 Å². The smallest absolute Gasteiger partial charge is 0.269 e. The fourth-order valence-corrected chi connectivity index (χ4v) is 6.40. The summed E-state index contributed by atoms with van der Waals surface area (Å²) >= 11 is 0. The summed E-state index contributed by atoms with van der Waals surface area (Å²) in [5.41, 5.74) is 0.451. The van der Waals surface area contributed by atoms with E-state index in [1.54, 1.807) is 31.9 Å². The number of carbonyl (C=O) groups is 2. The first-order chi connectivity index (χ1) is 12.7. The van der Waals surface area contributed by atoms with Gasteiger partial charge in [0.05, 0.1) is 5.56 Å². The van der Waals surface area contributed by atoms with E-state index in [4.69, 9.17) is 0 Å². The van der Waals surface area contributed by atoms with E-state index in [1.165, 1.54) is 12.1 Å². The molecule has 3 aliphatic rings. The lowest BCUT2D eigenvalue weighted by Gasteiger charge is -2.35. The molecule has 0 aliphatic carbocycles. The van der Waals surface area contributed by atoms with Crippen LogP contribution in [0.1, 0.15) is 60.2 Å². The predicted octanol–water partition coefficient (Wildman–Crippen LogP) is 2.02. The van der Waals surface area contributed by atoms with Crippen molar-refractivity contribution in [1.82, 2.24) is 14.5 Å². The summed E-state index contributed by atoms with van der Waals surface area (Å²) in [5.74, 6) is -0.725. The fourth-order valence-electron chi connectivity index (χ4n) is 4.60. The highest BCUT2D eigenvalue weighted by Gasteiger charge is 2.43. The summed E-state index contributed by atoms with van der Waals surface area (Å²) in [6, 6.07) is 4.98. The van der Waals surface area contributed by atoms with Gasteiger partial charge in [-0.25, -0.2) is 12.7 Å². The molecular weight excluding hydrogens is 402 g/mol. The van der Waals surface area contributed by atoms with Crippen LogP contribution in [0.25, 0.3) is 0 Å². The molecule has 154 valence electrons. The van der Waals surface area contributed by atoms with Gasteiger partial charge in [-0.15, -0.1) is 12.4 Å². The van der Waals surface area contributed by atoms with Gasteiger partial charge in [0.1, 0.15) is 4.90 Å². The van der Waals surface area contributed by atoms with Gasteiger partial charge in [0.15, 0.2) is 0 Å². The molecule has 4 rings (SSSR count). The molecule has 0 aromatic heterocycles. The Bertz CT molecular complexity index is 906. The molecule has 0 saturated carbocycles. The van der Waals surface area contributed by atoms with Gasteiger partial charge in [0.2, 0.25) is 0 Å². The maximum atomic E-state index is 13.0. The van der Waals surface area contributed by atoms with Crippen molar-refractivity contribution in [3.63, 3.8) is 0 Å². The third-order valence-electron chi connectivity index (χ3n) is 5.98. The van der Waals surface area contributed by atoms with Crippen LogP contribution >= 0.6 is 12.4 Å². The van der Waals surface area contributed by atoms with Gasteiger partial charge in [-0.3, -0.25) is 9.59 Å². The zero-order valence-electron chi connectivity index (χ0n) is 16.2. The van der Waals surface area contributed by atoms with Crippen LogP contribution in [-0.2, 0) is 10.0 Å². The average molecular weight is 428 g/mol. The number of fused-ring (bicyclic) bond motifs is 3. The largest absolute Gasteiger partial charge is 0.339 e. The highest BCUT2D eigenvalue weighted by atomic mass is 35.5. The minimum atomic E-state index is -3.91. The first-order valence-corrected chi connectivity index (χ1v) is 10.9. The monoisotopic (exact) mass is 427 g/mol. The molecule has 1 N–H and O–H groups in total. The summed E-state index contributed by atoms with van der Waals surface area (Å²) < 4.78 is 26.4. The molecule has 2 fully saturated rings. The standard InChI is InChI=1S/C19H25N3O4S.ClH/c1-11(2)22-19(24)16-7-4-12(8-17(16)27(22,25)26)18(23)21(3)15-9-13-5-6-14(10-15)20-13;/h4,7-8,11,13-15,20H,5-6,9-10H2,1-3H3;1H. The predicted molar refractivity (Wildman–Crippen MR) is 107 cm³/mol. The molecule has 7 nitrogen and oxygen atoms in total. The van der Waals surface area contributed by atoms with Crippen molar-refractivity contribution < 1.29 is 18.0 Å².